The predicted molar refractivity (Wildman–Crippen MR) is 150 cm³/mol. The minimum absolute atomic E-state index is 0.122. The predicted octanol–water partition coefficient (Wildman–Crippen LogP) is 4.54. The van der Waals surface area contributed by atoms with Crippen LogP contribution in [0.25, 0.3) is 5.70 Å². The summed E-state index contributed by atoms with van der Waals surface area (Å²) in [7, 11) is 3.81. The van der Waals surface area contributed by atoms with E-state index in [0.717, 1.165) is 34.3 Å². The van der Waals surface area contributed by atoms with Crippen molar-refractivity contribution in [3.05, 3.63) is 75.7 Å². The maximum Gasteiger partial charge on any atom is 0.417 e. The van der Waals surface area contributed by atoms with Crippen molar-refractivity contribution >= 4 is 40.3 Å². The first-order valence-corrected chi connectivity index (χ1v) is 13.1. The second-order valence-corrected chi connectivity index (χ2v) is 10.4. The summed E-state index contributed by atoms with van der Waals surface area (Å²) < 4.78 is 43.5. The number of nitrogens with zero attached hydrogens (tertiary/aromatic N) is 5. The van der Waals surface area contributed by atoms with Crippen molar-refractivity contribution in [2.75, 3.05) is 48.5 Å². The summed E-state index contributed by atoms with van der Waals surface area (Å²) in [6.07, 6.45) is -1.08. The average Bonchev–Trinajstić information content (AvgIpc) is 3.51. The maximum atomic E-state index is 13.9. The van der Waals surface area contributed by atoms with E-state index in [9.17, 15) is 18.0 Å². The molecular weight excluding hydrogens is 545 g/mol. The van der Waals surface area contributed by atoms with E-state index in [1.807, 2.05) is 40.2 Å². The lowest BCUT2D eigenvalue weighted by Crippen LogP contribution is -2.44. The van der Waals surface area contributed by atoms with Crippen LogP contribution in [0.4, 0.5) is 30.2 Å². The largest absolute Gasteiger partial charge is 0.417 e. The second-order valence-electron chi connectivity index (χ2n) is 10.0. The van der Waals surface area contributed by atoms with Gasteiger partial charge in [-0.25, -0.2) is 0 Å². The summed E-state index contributed by atoms with van der Waals surface area (Å²) in [6.45, 7) is 6.24. The molecule has 0 saturated carbocycles. The molecule has 0 aliphatic carbocycles. The molecule has 3 heterocycles. The van der Waals surface area contributed by atoms with Gasteiger partial charge in [0.1, 0.15) is 0 Å². The van der Waals surface area contributed by atoms with Gasteiger partial charge in [0.05, 0.1) is 33.9 Å². The molecule has 1 amide bonds. The summed E-state index contributed by atoms with van der Waals surface area (Å²) >= 11 is 6.24. The maximum absolute atomic E-state index is 13.9. The standard InChI is InChI=1S/C27H30ClF3N8O/c1-16-5-6-19(13-23(16)39-15-22(34-35-39)20-14-32-37(4)17(20)2)33-26(40)18-11-21(27(29,30)31)25(28)24(12-18)38-9-7-36(3)8-10-38/h5-6,11-15,34-35H,7-10H2,1-4H3,(H,33,40). The van der Waals surface area contributed by atoms with E-state index in [4.69, 9.17) is 11.6 Å². The van der Waals surface area contributed by atoms with E-state index >= 15 is 0 Å². The number of likely N-dealkylation sites (N-methyl/N-ethyl adjacent to an activating group) is 1. The molecule has 3 aromatic rings. The molecule has 13 heteroatoms. The van der Waals surface area contributed by atoms with Crippen molar-refractivity contribution in [2.24, 2.45) is 7.05 Å². The number of amides is 1. The van der Waals surface area contributed by atoms with Gasteiger partial charge in [-0.05, 0) is 50.7 Å². The molecule has 9 nitrogen and oxygen atoms in total. The minimum atomic E-state index is -4.71. The number of hydrazine groups is 2. The SMILES string of the molecule is Cc1ccc(NC(=O)c2cc(N3CCN(C)CC3)c(Cl)c(C(F)(F)F)c2)cc1N1C=C(c2cnn(C)c2C)NN1. The Labute approximate surface area is 235 Å². The Bertz CT molecular complexity index is 1480. The van der Waals surface area contributed by atoms with Crippen LogP contribution >= 0.6 is 11.6 Å². The van der Waals surface area contributed by atoms with Crippen LogP contribution < -0.4 is 26.2 Å². The van der Waals surface area contributed by atoms with Crippen LogP contribution in [0.5, 0.6) is 0 Å². The Kier molecular flexibility index (Phi) is 7.42. The molecule has 1 aromatic heterocycles. The average molecular weight is 575 g/mol. The van der Waals surface area contributed by atoms with Gasteiger partial charge in [-0.15, -0.1) is 5.53 Å². The zero-order chi connectivity index (χ0) is 28.8. The lowest BCUT2D eigenvalue weighted by atomic mass is 10.1. The quantitative estimate of drug-likeness (QED) is 0.413. The Hall–Kier alpha value is -3.74. The highest BCUT2D eigenvalue weighted by atomic mass is 35.5. The first-order chi connectivity index (χ1) is 18.9. The first-order valence-electron chi connectivity index (χ1n) is 12.7. The normalized spacial score (nSPS) is 16.2. The number of piperazine rings is 1. The number of carbonyl (C=O) groups excluding carboxylic acids is 1. The summed E-state index contributed by atoms with van der Waals surface area (Å²) in [6, 6.07) is 7.53. The highest BCUT2D eigenvalue weighted by molar-refractivity contribution is 6.34. The minimum Gasteiger partial charge on any atom is -0.368 e. The highest BCUT2D eigenvalue weighted by Crippen LogP contribution is 2.41. The number of rotatable bonds is 5. The molecule has 40 heavy (non-hydrogen) atoms. The Morgan fingerprint density at radius 1 is 1.05 bits per heavy atom. The molecule has 2 aliphatic rings. The van der Waals surface area contributed by atoms with Crippen LogP contribution in [0.2, 0.25) is 5.02 Å². The smallest absolute Gasteiger partial charge is 0.368 e. The van der Waals surface area contributed by atoms with Gasteiger partial charge in [-0.3, -0.25) is 14.5 Å². The van der Waals surface area contributed by atoms with E-state index in [2.05, 4.69) is 26.3 Å². The van der Waals surface area contributed by atoms with Crippen LogP contribution in [-0.2, 0) is 13.2 Å². The van der Waals surface area contributed by atoms with Crippen molar-refractivity contribution in [3.63, 3.8) is 0 Å². The van der Waals surface area contributed by atoms with Gasteiger partial charge in [0.25, 0.3) is 5.91 Å². The van der Waals surface area contributed by atoms with Gasteiger partial charge in [0.2, 0.25) is 0 Å². The van der Waals surface area contributed by atoms with E-state index in [0.29, 0.717) is 31.9 Å². The first kappa shape index (κ1) is 27.8. The monoisotopic (exact) mass is 574 g/mol. The van der Waals surface area contributed by atoms with Gasteiger partial charge in [-0.1, -0.05) is 17.7 Å². The number of hydrogen-bond donors (Lipinski definition) is 3. The van der Waals surface area contributed by atoms with Gasteiger partial charge in [-0.2, -0.15) is 18.3 Å². The molecule has 2 aromatic carbocycles. The van der Waals surface area contributed by atoms with Crippen LogP contribution in [-0.4, -0.2) is 53.8 Å². The number of alkyl halides is 3. The van der Waals surface area contributed by atoms with E-state index in [1.54, 1.807) is 32.9 Å². The van der Waals surface area contributed by atoms with Gasteiger partial charge >= 0.3 is 6.18 Å². The van der Waals surface area contributed by atoms with Crippen LogP contribution in [0.1, 0.15) is 32.7 Å². The molecule has 212 valence electrons. The van der Waals surface area contributed by atoms with Crippen molar-refractivity contribution in [1.29, 1.82) is 0 Å². The lowest BCUT2D eigenvalue weighted by molar-refractivity contribution is -0.137. The summed E-state index contributed by atoms with van der Waals surface area (Å²) in [4.78, 5) is 17.1. The van der Waals surface area contributed by atoms with Crippen molar-refractivity contribution in [1.82, 2.24) is 25.6 Å². The van der Waals surface area contributed by atoms with E-state index in [1.165, 1.54) is 6.07 Å². The summed E-state index contributed by atoms with van der Waals surface area (Å²) in [5, 5.41) is 8.40. The van der Waals surface area contributed by atoms with E-state index < -0.39 is 22.7 Å². The Morgan fingerprint density at radius 2 is 1.77 bits per heavy atom. The zero-order valence-electron chi connectivity index (χ0n) is 22.5. The number of halogens is 4. The Morgan fingerprint density at radius 3 is 2.42 bits per heavy atom. The third-order valence-corrected chi connectivity index (χ3v) is 7.68. The van der Waals surface area contributed by atoms with Crippen molar-refractivity contribution in [3.8, 4) is 0 Å². The molecule has 2 aliphatic heterocycles. The lowest BCUT2D eigenvalue weighted by Gasteiger charge is -2.35. The summed E-state index contributed by atoms with van der Waals surface area (Å²) in [5.74, 6) is -0.665. The summed E-state index contributed by atoms with van der Waals surface area (Å²) in [5.41, 5.74) is 10.1. The molecule has 0 bridgehead atoms. The number of benzene rings is 2. The number of nitrogens with one attached hydrogen (secondary N) is 3. The number of aryl methyl sites for hydroxylation is 2. The molecule has 1 saturated heterocycles. The molecular formula is C27H30ClF3N8O. The van der Waals surface area contributed by atoms with Gasteiger partial charge < -0.3 is 20.5 Å². The fraction of sp³-hybridized carbons (Fsp3) is 0.333. The molecule has 0 atom stereocenters. The third-order valence-electron chi connectivity index (χ3n) is 7.29. The van der Waals surface area contributed by atoms with E-state index in [-0.39, 0.29) is 11.3 Å². The molecule has 0 spiro atoms. The molecule has 0 radical (unpaired) electrons. The van der Waals surface area contributed by atoms with Crippen molar-refractivity contribution < 1.29 is 18.0 Å². The fourth-order valence-corrected chi connectivity index (χ4v) is 5.05. The highest BCUT2D eigenvalue weighted by Gasteiger charge is 2.36. The van der Waals surface area contributed by atoms with Crippen LogP contribution in [0, 0.1) is 13.8 Å². The molecule has 3 N–H and O–H groups in total. The Balaban J connectivity index is 1.42. The molecule has 5 rings (SSSR count). The molecule has 1 fully saturated rings. The van der Waals surface area contributed by atoms with Gasteiger partial charge in [0.15, 0.2) is 0 Å². The number of aromatic nitrogens is 2. The number of anilines is 3. The topological polar surface area (TPSA) is 80.7 Å². The van der Waals surface area contributed by atoms with Crippen molar-refractivity contribution in [2.45, 2.75) is 20.0 Å². The molecule has 0 unspecified atom stereocenters. The van der Waals surface area contributed by atoms with Crippen LogP contribution in [0.3, 0.4) is 0 Å². The van der Waals surface area contributed by atoms with Gasteiger partial charge in [0, 0.05) is 61.9 Å². The fourth-order valence-electron chi connectivity index (χ4n) is 4.72. The van der Waals surface area contributed by atoms with Crippen LogP contribution in [0.15, 0.2) is 42.7 Å². The second kappa shape index (κ2) is 10.7. The number of hydrogen-bond acceptors (Lipinski definition) is 7. The zero-order valence-corrected chi connectivity index (χ0v) is 23.3. The number of carbonyl (C=O) groups is 1. The third kappa shape index (κ3) is 5.47.